The largest absolute Gasteiger partial charge is 0.481 e. The first-order valence-corrected chi connectivity index (χ1v) is 7.06. The van der Waals surface area contributed by atoms with Crippen molar-refractivity contribution in [1.29, 1.82) is 0 Å². The van der Waals surface area contributed by atoms with Crippen LogP contribution in [0.2, 0.25) is 0 Å². The Morgan fingerprint density at radius 3 is 2.16 bits per heavy atom. The Morgan fingerprint density at radius 1 is 1.21 bits per heavy atom. The maximum atomic E-state index is 11.8. The van der Waals surface area contributed by atoms with Gasteiger partial charge in [0.05, 0.1) is 12.0 Å². The quantitative estimate of drug-likeness (QED) is 0.568. The number of hydrogen-bond acceptors (Lipinski definition) is 3. The molecule has 19 heavy (non-hydrogen) atoms. The molecule has 0 aromatic heterocycles. The van der Waals surface area contributed by atoms with Crippen LogP contribution in [0.1, 0.15) is 65.7 Å². The standard InChI is InChI=1S/C14H27NO4/c1-4-8-14(19,9-5-2)10-12(16)15-11(3)6-7-13(17)18/h11,19H,4-10H2,1-3H3,(H,15,16)(H,17,18). The van der Waals surface area contributed by atoms with E-state index in [-0.39, 0.29) is 24.8 Å². The maximum absolute atomic E-state index is 11.8. The number of aliphatic carboxylic acids is 1. The predicted molar refractivity (Wildman–Crippen MR) is 73.9 cm³/mol. The molecule has 1 unspecified atom stereocenters. The lowest BCUT2D eigenvalue weighted by atomic mass is 9.89. The number of carbonyl (C=O) groups is 2. The van der Waals surface area contributed by atoms with Gasteiger partial charge >= 0.3 is 5.97 Å². The van der Waals surface area contributed by atoms with Gasteiger partial charge in [-0.1, -0.05) is 26.7 Å². The van der Waals surface area contributed by atoms with E-state index in [4.69, 9.17) is 5.11 Å². The van der Waals surface area contributed by atoms with Crippen LogP contribution < -0.4 is 5.32 Å². The first-order chi connectivity index (χ1) is 8.83. The second-order valence-electron chi connectivity index (χ2n) is 5.30. The molecule has 0 bridgehead atoms. The van der Waals surface area contributed by atoms with Gasteiger partial charge in [0.1, 0.15) is 0 Å². The minimum absolute atomic E-state index is 0.0373. The summed E-state index contributed by atoms with van der Waals surface area (Å²) >= 11 is 0. The Morgan fingerprint density at radius 2 is 1.74 bits per heavy atom. The number of hydrogen-bond donors (Lipinski definition) is 3. The fraction of sp³-hybridized carbons (Fsp3) is 0.857. The van der Waals surface area contributed by atoms with E-state index in [2.05, 4.69) is 5.32 Å². The van der Waals surface area contributed by atoms with Gasteiger partial charge in [-0.3, -0.25) is 9.59 Å². The van der Waals surface area contributed by atoms with E-state index in [9.17, 15) is 14.7 Å². The molecule has 0 saturated carbocycles. The Kier molecular flexibility index (Phi) is 8.39. The van der Waals surface area contributed by atoms with Crippen molar-refractivity contribution in [3.05, 3.63) is 0 Å². The minimum Gasteiger partial charge on any atom is -0.481 e. The smallest absolute Gasteiger partial charge is 0.303 e. The van der Waals surface area contributed by atoms with E-state index in [1.165, 1.54) is 0 Å². The molecule has 0 radical (unpaired) electrons. The highest BCUT2D eigenvalue weighted by Gasteiger charge is 2.28. The molecular weight excluding hydrogens is 246 g/mol. The van der Waals surface area contributed by atoms with E-state index in [0.717, 1.165) is 12.8 Å². The van der Waals surface area contributed by atoms with Crippen molar-refractivity contribution < 1.29 is 19.8 Å². The summed E-state index contributed by atoms with van der Waals surface area (Å²) < 4.78 is 0. The molecule has 1 atom stereocenters. The maximum Gasteiger partial charge on any atom is 0.303 e. The number of aliphatic hydroxyl groups is 1. The third-order valence-electron chi connectivity index (χ3n) is 3.12. The van der Waals surface area contributed by atoms with Crippen molar-refractivity contribution in [2.24, 2.45) is 0 Å². The topological polar surface area (TPSA) is 86.6 Å². The number of carboxylic acids is 1. The molecule has 0 fully saturated rings. The van der Waals surface area contributed by atoms with Crippen molar-refractivity contribution >= 4 is 11.9 Å². The fourth-order valence-corrected chi connectivity index (χ4v) is 2.27. The highest BCUT2D eigenvalue weighted by molar-refractivity contribution is 5.77. The van der Waals surface area contributed by atoms with Gasteiger partial charge in [-0.15, -0.1) is 0 Å². The third kappa shape index (κ3) is 8.59. The molecule has 0 rings (SSSR count). The van der Waals surface area contributed by atoms with Gasteiger partial charge in [0.2, 0.25) is 5.91 Å². The normalized spacial score (nSPS) is 13.1. The average Bonchev–Trinajstić information content (AvgIpc) is 2.26. The number of rotatable bonds is 10. The van der Waals surface area contributed by atoms with Gasteiger partial charge in [-0.25, -0.2) is 0 Å². The zero-order valence-corrected chi connectivity index (χ0v) is 12.2. The van der Waals surface area contributed by atoms with Gasteiger partial charge in [0, 0.05) is 12.5 Å². The lowest BCUT2D eigenvalue weighted by molar-refractivity contribution is -0.137. The summed E-state index contributed by atoms with van der Waals surface area (Å²) in [6, 6.07) is -0.184. The summed E-state index contributed by atoms with van der Waals surface area (Å²) in [5.74, 6) is -1.07. The summed E-state index contributed by atoms with van der Waals surface area (Å²) in [7, 11) is 0. The van der Waals surface area contributed by atoms with Crippen LogP contribution in [0.5, 0.6) is 0 Å². The Bertz CT molecular complexity index is 285. The SMILES string of the molecule is CCCC(O)(CCC)CC(=O)NC(C)CCC(=O)O. The Labute approximate surface area is 115 Å². The van der Waals surface area contributed by atoms with Gasteiger partial charge in [-0.05, 0) is 26.2 Å². The lowest BCUT2D eigenvalue weighted by Crippen LogP contribution is -2.40. The van der Waals surface area contributed by atoms with Crippen molar-refractivity contribution in [3.63, 3.8) is 0 Å². The van der Waals surface area contributed by atoms with Crippen LogP contribution in [-0.2, 0) is 9.59 Å². The molecule has 0 aliphatic heterocycles. The van der Waals surface area contributed by atoms with Crippen molar-refractivity contribution in [2.45, 2.75) is 77.4 Å². The zero-order chi connectivity index (χ0) is 14.9. The molecule has 0 aliphatic rings. The van der Waals surface area contributed by atoms with E-state index < -0.39 is 11.6 Å². The molecular formula is C14H27NO4. The molecule has 0 spiro atoms. The average molecular weight is 273 g/mol. The minimum atomic E-state index is -0.930. The molecule has 1 amide bonds. The molecule has 0 aromatic carbocycles. The first kappa shape index (κ1) is 17.9. The van der Waals surface area contributed by atoms with E-state index in [0.29, 0.717) is 19.3 Å². The molecule has 5 heteroatoms. The van der Waals surface area contributed by atoms with Crippen LogP contribution in [0.15, 0.2) is 0 Å². The van der Waals surface area contributed by atoms with Crippen LogP contribution in [0.25, 0.3) is 0 Å². The highest BCUT2D eigenvalue weighted by atomic mass is 16.4. The Hall–Kier alpha value is -1.10. The third-order valence-corrected chi connectivity index (χ3v) is 3.12. The number of carboxylic acid groups (broad SMARTS) is 1. The van der Waals surface area contributed by atoms with Crippen LogP contribution in [0.3, 0.4) is 0 Å². The van der Waals surface area contributed by atoms with Gasteiger partial charge in [0.15, 0.2) is 0 Å². The highest BCUT2D eigenvalue weighted by Crippen LogP contribution is 2.23. The molecule has 0 saturated heterocycles. The molecule has 0 heterocycles. The second-order valence-corrected chi connectivity index (χ2v) is 5.30. The van der Waals surface area contributed by atoms with Gasteiger partial charge in [0.25, 0.3) is 0 Å². The number of nitrogens with one attached hydrogen (secondary N) is 1. The molecule has 5 nitrogen and oxygen atoms in total. The molecule has 0 aromatic rings. The predicted octanol–water partition coefficient (Wildman–Crippen LogP) is 2.08. The summed E-state index contributed by atoms with van der Waals surface area (Å²) in [5, 5.41) is 21.7. The van der Waals surface area contributed by atoms with E-state index >= 15 is 0 Å². The monoisotopic (exact) mass is 273 g/mol. The van der Waals surface area contributed by atoms with Gasteiger partial charge in [-0.2, -0.15) is 0 Å². The van der Waals surface area contributed by atoms with Crippen molar-refractivity contribution in [2.75, 3.05) is 0 Å². The van der Waals surface area contributed by atoms with Crippen LogP contribution in [-0.4, -0.2) is 33.7 Å². The van der Waals surface area contributed by atoms with Crippen LogP contribution in [0, 0.1) is 0 Å². The van der Waals surface area contributed by atoms with Crippen molar-refractivity contribution in [1.82, 2.24) is 5.32 Å². The lowest BCUT2D eigenvalue weighted by Gasteiger charge is -2.27. The molecule has 3 N–H and O–H groups in total. The summed E-state index contributed by atoms with van der Waals surface area (Å²) in [6.07, 6.45) is 3.41. The molecule has 112 valence electrons. The molecule has 0 aliphatic carbocycles. The summed E-state index contributed by atoms with van der Waals surface area (Å²) in [5.41, 5.74) is -0.930. The van der Waals surface area contributed by atoms with Crippen LogP contribution in [0.4, 0.5) is 0 Å². The zero-order valence-electron chi connectivity index (χ0n) is 12.2. The second kappa shape index (κ2) is 8.91. The van der Waals surface area contributed by atoms with E-state index in [1.807, 2.05) is 13.8 Å². The van der Waals surface area contributed by atoms with Crippen molar-refractivity contribution in [3.8, 4) is 0 Å². The number of carbonyl (C=O) groups excluding carboxylic acids is 1. The van der Waals surface area contributed by atoms with Gasteiger partial charge < -0.3 is 15.5 Å². The Balaban J connectivity index is 4.22. The summed E-state index contributed by atoms with van der Waals surface area (Å²) in [6.45, 7) is 5.74. The first-order valence-electron chi connectivity index (χ1n) is 7.06. The number of amides is 1. The van der Waals surface area contributed by atoms with E-state index in [1.54, 1.807) is 6.92 Å². The fourth-order valence-electron chi connectivity index (χ4n) is 2.27. The summed E-state index contributed by atoms with van der Waals surface area (Å²) in [4.78, 5) is 22.3. The van der Waals surface area contributed by atoms with Crippen LogP contribution >= 0.6 is 0 Å².